The number of benzene rings is 2. The maximum absolute atomic E-state index is 14.0. The van der Waals surface area contributed by atoms with E-state index in [1.807, 2.05) is 18.9 Å². The molecule has 13 heteroatoms. The van der Waals surface area contributed by atoms with Crippen molar-refractivity contribution in [1.29, 1.82) is 0 Å². The van der Waals surface area contributed by atoms with Crippen LogP contribution in [0.25, 0.3) is 11.0 Å². The van der Waals surface area contributed by atoms with E-state index in [2.05, 4.69) is 25.3 Å². The van der Waals surface area contributed by atoms with Gasteiger partial charge in [-0.15, -0.1) is 0 Å². The minimum absolute atomic E-state index is 0.0565. The number of halogens is 3. The van der Waals surface area contributed by atoms with Crippen LogP contribution in [0.2, 0.25) is 0 Å². The second-order valence-electron chi connectivity index (χ2n) is 10.7. The first-order valence-electron chi connectivity index (χ1n) is 13.5. The van der Waals surface area contributed by atoms with E-state index in [0.717, 1.165) is 24.7 Å². The van der Waals surface area contributed by atoms with Gasteiger partial charge in [-0.05, 0) is 49.4 Å². The van der Waals surface area contributed by atoms with E-state index < -0.39 is 17.6 Å². The van der Waals surface area contributed by atoms with Gasteiger partial charge in [0.15, 0.2) is 5.65 Å². The molecule has 1 N–H and O–H groups in total. The Balaban J connectivity index is 1.38. The van der Waals surface area contributed by atoms with Crippen molar-refractivity contribution in [3.05, 3.63) is 64.8 Å². The predicted octanol–water partition coefficient (Wildman–Crippen LogP) is 4.55. The Hall–Kier alpha value is -4.23. The van der Waals surface area contributed by atoms with Crippen molar-refractivity contribution in [1.82, 2.24) is 29.5 Å². The molecule has 1 fully saturated rings. The number of rotatable bonds is 7. The van der Waals surface area contributed by atoms with Gasteiger partial charge in [-0.2, -0.15) is 28.2 Å². The van der Waals surface area contributed by atoms with Crippen LogP contribution < -0.4 is 15.0 Å². The highest BCUT2D eigenvalue weighted by atomic mass is 19.4. The fraction of sp³-hybridized carbons (Fsp3) is 0.379. The van der Waals surface area contributed by atoms with E-state index in [0.29, 0.717) is 35.8 Å². The molecule has 0 spiro atoms. The van der Waals surface area contributed by atoms with Gasteiger partial charge in [-0.25, -0.2) is 0 Å². The first-order valence-corrected chi connectivity index (χ1v) is 13.5. The van der Waals surface area contributed by atoms with Crippen molar-refractivity contribution in [3.8, 4) is 11.6 Å². The van der Waals surface area contributed by atoms with Crippen molar-refractivity contribution in [2.75, 3.05) is 57.5 Å². The minimum Gasteiger partial charge on any atom is -0.438 e. The zero-order valence-electron chi connectivity index (χ0n) is 24.2. The number of hydrogen-bond donors (Lipinski definition) is 1. The molecule has 5 rings (SSSR count). The Morgan fingerprint density at radius 3 is 2.48 bits per heavy atom. The summed E-state index contributed by atoms with van der Waals surface area (Å²) < 4.78 is 49.8. The van der Waals surface area contributed by atoms with Crippen LogP contribution in [-0.2, 0) is 19.8 Å². The Kier molecular flexibility index (Phi) is 8.06. The maximum atomic E-state index is 14.0. The summed E-state index contributed by atoms with van der Waals surface area (Å²) in [6.07, 6.45) is -2.96. The molecule has 2 aromatic carbocycles. The van der Waals surface area contributed by atoms with Crippen LogP contribution in [0.15, 0.2) is 42.6 Å². The molecular weight excluding hydrogens is 549 g/mol. The highest BCUT2D eigenvalue weighted by Gasteiger charge is 2.34. The summed E-state index contributed by atoms with van der Waals surface area (Å²) in [7, 11) is 7.37. The van der Waals surface area contributed by atoms with Gasteiger partial charge in [-0.1, -0.05) is 12.1 Å². The van der Waals surface area contributed by atoms with Crippen LogP contribution in [0.1, 0.15) is 27.0 Å². The van der Waals surface area contributed by atoms with Crippen molar-refractivity contribution in [2.24, 2.45) is 7.05 Å². The third-order valence-electron chi connectivity index (χ3n) is 7.27. The standard InChI is InChI=1S/C29H33F3N8O2/c1-18-6-7-19(14-24(18)42-27-22-16-33-39(5)25(22)35-28(36-27)37(2)3)26(41)34-21-9-8-20(23(15-21)29(30,31)32)17-40-12-10-38(4)11-13-40/h6-9,14-16H,10-13,17H2,1-5H3,(H,34,41). The lowest BCUT2D eigenvalue weighted by Gasteiger charge is -2.33. The summed E-state index contributed by atoms with van der Waals surface area (Å²) >= 11 is 0. The van der Waals surface area contributed by atoms with Crippen LogP contribution in [-0.4, -0.2) is 82.8 Å². The third kappa shape index (κ3) is 6.31. The van der Waals surface area contributed by atoms with Crippen LogP contribution in [0.4, 0.5) is 24.8 Å². The molecule has 0 unspecified atom stereocenters. The van der Waals surface area contributed by atoms with Gasteiger partial charge < -0.3 is 19.9 Å². The number of aromatic nitrogens is 4. The molecule has 0 atom stereocenters. The van der Waals surface area contributed by atoms with Crippen LogP contribution in [0.5, 0.6) is 11.6 Å². The number of carbonyl (C=O) groups is 1. The molecule has 1 saturated heterocycles. The number of piperazine rings is 1. The number of amides is 1. The van der Waals surface area contributed by atoms with Gasteiger partial charge >= 0.3 is 6.18 Å². The number of nitrogens with zero attached hydrogens (tertiary/aromatic N) is 7. The predicted molar refractivity (Wildman–Crippen MR) is 154 cm³/mol. The molecule has 42 heavy (non-hydrogen) atoms. The van der Waals surface area contributed by atoms with E-state index in [1.54, 1.807) is 49.1 Å². The summed E-state index contributed by atoms with van der Waals surface area (Å²) in [5.74, 6) is 0.491. The number of fused-ring (bicyclic) bond motifs is 1. The number of likely N-dealkylation sites (N-methyl/N-ethyl adjacent to an activating group) is 1. The topological polar surface area (TPSA) is 91.7 Å². The smallest absolute Gasteiger partial charge is 0.416 e. The molecule has 10 nitrogen and oxygen atoms in total. The Bertz CT molecular complexity index is 1610. The number of aryl methyl sites for hydroxylation is 2. The van der Waals surface area contributed by atoms with Crippen molar-refractivity contribution in [2.45, 2.75) is 19.6 Å². The molecule has 0 saturated carbocycles. The van der Waals surface area contributed by atoms with E-state index in [9.17, 15) is 18.0 Å². The van der Waals surface area contributed by atoms with Crippen LogP contribution in [0, 0.1) is 6.92 Å². The van der Waals surface area contributed by atoms with E-state index in [-0.39, 0.29) is 29.2 Å². The first kappa shape index (κ1) is 29.3. The summed E-state index contributed by atoms with van der Waals surface area (Å²) in [4.78, 5) is 28.1. The lowest BCUT2D eigenvalue weighted by atomic mass is 10.0. The second kappa shape index (κ2) is 11.6. The Morgan fingerprint density at radius 1 is 1.05 bits per heavy atom. The van der Waals surface area contributed by atoms with E-state index in [1.165, 1.54) is 18.2 Å². The quantitative estimate of drug-likeness (QED) is 0.340. The largest absolute Gasteiger partial charge is 0.438 e. The molecule has 2 aromatic heterocycles. The molecule has 0 aliphatic carbocycles. The van der Waals surface area contributed by atoms with Gasteiger partial charge in [-0.3, -0.25) is 14.4 Å². The van der Waals surface area contributed by atoms with Gasteiger partial charge in [0.2, 0.25) is 11.8 Å². The van der Waals surface area contributed by atoms with Crippen LogP contribution in [0.3, 0.4) is 0 Å². The summed E-state index contributed by atoms with van der Waals surface area (Å²) in [6, 6.07) is 8.78. The summed E-state index contributed by atoms with van der Waals surface area (Å²) in [5, 5.41) is 7.45. The number of ether oxygens (including phenoxy) is 1. The molecule has 1 amide bonds. The monoisotopic (exact) mass is 582 g/mol. The van der Waals surface area contributed by atoms with E-state index >= 15 is 0 Å². The average Bonchev–Trinajstić information content (AvgIpc) is 3.32. The van der Waals surface area contributed by atoms with Crippen molar-refractivity contribution < 1.29 is 22.7 Å². The normalized spacial score (nSPS) is 14.8. The zero-order valence-corrected chi connectivity index (χ0v) is 24.2. The van der Waals surface area contributed by atoms with Crippen molar-refractivity contribution >= 4 is 28.6 Å². The molecule has 0 bridgehead atoms. The second-order valence-corrected chi connectivity index (χ2v) is 10.7. The molecule has 1 aliphatic heterocycles. The SMILES string of the molecule is Cc1ccc(C(=O)Nc2ccc(CN3CCN(C)CC3)c(C(F)(F)F)c2)cc1Oc1nc(N(C)C)nc2c1cnn2C. The number of anilines is 2. The number of hydrogen-bond acceptors (Lipinski definition) is 8. The van der Waals surface area contributed by atoms with E-state index in [4.69, 9.17) is 4.74 Å². The van der Waals surface area contributed by atoms with Gasteiger partial charge in [0.1, 0.15) is 11.1 Å². The fourth-order valence-corrected chi connectivity index (χ4v) is 4.72. The lowest BCUT2D eigenvalue weighted by molar-refractivity contribution is -0.138. The number of alkyl halides is 3. The molecule has 4 aromatic rings. The Morgan fingerprint density at radius 2 is 1.79 bits per heavy atom. The summed E-state index contributed by atoms with van der Waals surface area (Å²) in [6.45, 7) is 5.01. The van der Waals surface area contributed by atoms with Gasteiger partial charge in [0.05, 0.1) is 11.8 Å². The number of carbonyl (C=O) groups excluding carboxylic acids is 1. The lowest BCUT2D eigenvalue weighted by Crippen LogP contribution is -2.44. The molecule has 222 valence electrons. The maximum Gasteiger partial charge on any atom is 0.416 e. The Labute approximate surface area is 241 Å². The zero-order chi connectivity index (χ0) is 30.2. The minimum atomic E-state index is -4.56. The van der Waals surface area contributed by atoms with Gasteiger partial charge in [0, 0.05) is 65.1 Å². The molecule has 0 radical (unpaired) electrons. The highest BCUT2D eigenvalue weighted by Crippen LogP contribution is 2.35. The van der Waals surface area contributed by atoms with Gasteiger partial charge in [0.25, 0.3) is 5.91 Å². The molecule has 1 aliphatic rings. The molecule has 3 heterocycles. The van der Waals surface area contributed by atoms with Crippen molar-refractivity contribution in [3.63, 3.8) is 0 Å². The highest BCUT2D eigenvalue weighted by molar-refractivity contribution is 6.04. The third-order valence-corrected chi connectivity index (χ3v) is 7.27. The average molecular weight is 583 g/mol. The fourth-order valence-electron chi connectivity index (χ4n) is 4.72. The molecular formula is C29H33F3N8O2. The van der Waals surface area contributed by atoms with Crippen LogP contribution >= 0.6 is 0 Å². The summed E-state index contributed by atoms with van der Waals surface area (Å²) in [5.41, 5.74) is 1.01. The number of nitrogens with one attached hydrogen (secondary N) is 1. The first-order chi connectivity index (χ1) is 19.9.